The molecule has 0 aliphatic carbocycles. The lowest BCUT2D eigenvalue weighted by Crippen LogP contribution is -2.57. The number of anilines is 1. The van der Waals surface area contributed by atoms with Crippen LogP contribution < -0.4 is 10.2 Å². The third-order valence-corrected chi connectivity index (χ3v) is 7.73. The second-order valence-electron chi connectivity index (χ2n) is 7.42. The predicted molar refractivity (Wildman–Crippen MR) is 125 cm³/mol. The van der Waals surface area contributed by atoms with Crippen molar-refractivity contribution in [2.75, 3.05) is 19.0 Å². The maximum Gasteiger partial charge on any atom is 0.242 e. The van der Waals surface area contributed by atoms with Crippen LogP contribution in [0.2, 0.25) is 5.02 Å². The fourth-order valence-corrected chi connectivity index (χ4v) is 5.65. The molecule has 154 valence electrons. The number of Topliss-reactive ketones (excluding diaryl/α,β-unsaturated/α-hetero) is 1. The Balaban J connectivity index is 1.69. The van der Waals surface area contributed by atoms with Gasteiger partial charge >= 0.3 is 0 Å². The minimum Gasteiger partial charge on any atom is -0.378 e. The summed E-state index contributed by atoms with van der Waals surface area (Å²) in [4.78, 5) is 29.2. The normalized spacial score (nSPS) is 21.4. The van der Waals surface area contributed by atoms with Gasteiger partial charge in [-0.05, 0) is 52.2 Å². The maximum atomic E-state index is 13.3. The van der Waals surface area contributed by atoms with Crippen LogP contribution in [0.4, 0.5) is 5.69 Å². The molecular formula is C23H21ClN2O2S2. The zero-order chi connectivity index (χ0) is 21.3. The molecule has 2 aromatic carbocycles. The molecular weight excluding hydrogens is 436 g/mol. The van der Waals surface area contributed by atoms with Crippen LogP contribution in [0.15, 0.2) is 70.3 Å². The Kier molecular flexibility index (Phi) is 5.91. The van der Waals surface area contributed by atoms with Crippen molar-refractivity contribution in [3.8, 4) is 0 Å². The second-order valence-corrected chi connectivity index (χ2v) is 9.75. The van der Waals surface area contributed by atoms with Crippen LogP contribution in [0.3, 0.4) is 0 Å². The molecule has 0 bridgehead atoms. The molecule has 4 nitrogen and oxygen atoms in total. The van der Waals surface area contributed by atoms with E-state index in [1.54, 1.807) is 17.4 Å². The highest BCUT2D eigenvalue weighted by molar-refractivity contribution is 8.01. The second kappa shape index (κ2) is 8.46. The summed E-state index contributed by atoms with van der Waals surface area (Å²) in [5, 5.41) is 6.86. The van der Waals surface area contributed by atoms with Gasteiger partial charge in [0.15, 0.2) is 5.78 Å². The predicted octanol–water partition coefficient (Wildman–Crippen LogP) is 4.96. The zero-order valence-corrected chi connectivity index (χ0v) is 19.0. The molecule has 3 aromatic rings. The fourth-order valence-electron chi connectivity index (χ4n) is 3.67. The van der Waals surface area contributed by atoms with Crippen LogP contribution in [-0.2, 0) is 15.1 Å². The number of benzene rings is 2. The molecule has 1 N–H and O–H groups in total. The number of amides is 1. The Morgan fingerprint density at radius 3 is 2.40 bits per heavy atom. The first-order valence-corrected chi connectivity index (χ1v) is 11.7. The third-order valence-electron chi connectivity index (χ3n) is 5.28. The van der Waals surface area contributed by atoms with Crippen molar-refractivity contribution in [1.29, 1.82) is 0 Å². The van der Waals surface area contributed by atoms with Crippen LogP contribution in [0.25, 0.3) is 0 Å². The topological polar surface area (TPSA) is 49.4 Å². The fraction of sp³-hybridized carbons (Fsp3) is 0.217. The monoisotopic (exact) mass is 456 g/mol. The number of nitrogens with one attached hydrogen (secondary N) is 1. The Morgan fingerprint density at radius 1 is 1.07 bits per heavy atom. The van der Waals surface area contributed by atoms with Gasteiger partial charge in [-0.2, -0.15) is 11.3 Å². The molecule has 1 aliphatic rings. The third kappa shape index (κ3) is 3.87. The van der Waals surface area contributed by atoms with E-state index >= 15 is 0 Å². The van der Waals surface area contributed by atoms with Gasteiger partial charge in [0.05, 0.1) is 10.6 Å². The number of hydrogen-bond acceptors (Lipinski definition) is 5. The zero-order valence-electron chi connectivity index (χ0n) is 16.6. The van der Waals surface area contributed by atoms with Gasteiger partial charge in [-0.1, -0.05) is 35.9 Å². The van der Waals surface area contributed by atoms with Crippen LogP contribution in [0.5, 0.6) is 0 Å². The van der Waals surface area contributed by atoms with Crippen molar-refractivity contribution in [2.24, 2.45) is 0 Å². The number of thiophene rings is 1. The molecule has 30 heavy (non-hydrogen) atoms. The molecule has 4 rings (SSSR count). The van der Waals surface area contributed by atoms with Gasteiger partial charge in [0.1, 0.15) is 5.25 Å². The molecule has 1 fully saturated rings. The SMILES string of the molecule is CN(C)c1ccc(C2(c3ccsc3)CC(=O)C(Sc3ccccc3Cl)C(=O)N2)cc1. The van der Waals surface area contributed by atoms with E-state index in [1.807, 2.05) is 78.3 Å². The number of rotatable bonds is 5. The molecule has 7 heteroatoms. The summed E-state index contributed by atoms with van der Waals surface area (Å²) in [6.07, 6.45) is 0.193. The van der Waals surface area contributed by atoms with Crippen molar-refractivity contribution < 1.29 is 9.59 Å². The van der Waals surface area contributed by atoms with E-state index in [1.165, 1.54) is 11.8 Å². The Labute approximate surface area is 189 Å². The van der Waals surface area contributed by atoms with Gasteiger partial charge in [-0.25, -0.2) is 0 Å². The number of piperidine rings is 1. The van der Waals surface area contributed by atoms with E-state index in [4.69, 9.17) is 11.6 Å². The van der Waals surface area contributed by atoms with E-state index in [2.05, 4.69) is 5.32 Å². The van der Waals surface area contributed by atoms with Gasteiger partial charge in [0, 0.05) is 31.1 Å². The Morgan fingerprint density at radius 2 is 1.80 bits per heavy atom. The van der Waals surface area contributed by atoms with Crippen molar-refractivity contribution >= 4 is 52.1 Å². The number of halogens is 1. The first-order valence-electron chi connectivity index (χ1n) is 9.47. The van der Waals surface area contributed by atoms with Gasteiger partial charge in [-0.3, -0.25) is 9.59 Å². The molecule has 1 aromatic heterocycles. The number of carbonyl (C=O) groups is 2. The molecule has 2 unspecified atom stereocenters. The summed E-state index contributed by atoms with van der Waals surface area (Å²) in [5.74, 6) is -0.398. The van der Waals surface area contributed by atoms with Crippen LogP contribution in [-0.4, -0.2) is 31.0 Å². The number of hydrogen-bond donors (Lipinski definition) is 1. The number of thioether (sulfide) groups is 1. The first-order chi connectivity index (χ1) is 14.4. The standard InChI is InChI=1S/C23H21ClN2O2S2/c1-26(2)17-9-7-15(8-10-17)23(16-11-12-29-14-16)13-19(27)21(22(28)25-23)30-20-6-4-3-5-18(20)24/h3-12,14,21H,13H2,1-2H3,(H,25,28). The lowest BCUT2D eigenvalue weighted by atomic mass is 9.77. The average Bonchev–Trinajstić information content (AvgIpc) is 3.27. The maximum absolute atomic E-state index is 13.3. The number of carbonyl (C=O) groups excluding carboxylic acids is 2. The van der Waals surface area contributed by atoms with Crippen LogP contribution >= 0.6 is 34.7 Å². The summed E-state index contributed by atoms with van der Waals surface area (Å²) in [6, 6.07) is 17.2. The molecule has 1 aliphatic heterocycles. The molecule has 1 saturated heterocycles. The van der Waals surface area contributed by atoms with Crippen LogP contribution in [0.1, 0.15) is 17.5 Å². The van der Waals surface area contributed by atoms with Crippen molar-refractivity contribution in [3.63, 3.8) is 0 Å². The van der Waals surface area contributed by atoms with Gasteiger partial charge in [0.2, 0.25) is 5.91 Å². The summed E-state index contributed by atoms with van der Waals surface area (Å²) in [7, 11) is 3.96. The van der Waals surface area contributed by atoms with E-state index in [9.17, 15) is 9.59 Å². The summed E-state index contributed by atoms with van der Waals surface area (Å²) >= 11 is 9.00. The highest BCUT2D eigenvalue weighted by atomic mass is 35.5. The summed E-state index contributed by atoms with van der Waals surface area (Å²) in [5.41, 5.74) is 2.01. The minimum atomic E-state index is -0.865. The lowest BCUT2D eigenvalue weighted by Gasteiger charge is -2.40. The first kappa shape index (κ1) is 21.0. The summed E-state index contributed by atoms with van der Waals surface area (Å²) in [6.45, 7) is 0. The quantitative estimate of drug-likeness (QED) is 0.551. The van der Waals surface area contributed by atoms with Crippen molar-refractivity contribution in [1.82, 2.24) is 5.32 Å². The molecule has 2 heterocycles. The number of ketones is 1. The molecule has 0 saturated carbocycles. The number of nitrogens with zero attached hydrogens (tertiary/aromatic N) is 1. The summed E-state index contributed by atoms with van der Waals surface area (Å²) < 4.78 is 0. The molecule has 0 spiro atoms. The van der Waals surface area contributed by atoms with E-state index in [0.29, 0.717) is 5.02 Å². The van der Waals surface area contributed by atoms with Crippen LogP contribution in [0, 0.1) is 0 Å². The van der Waals surface area contributed by atoms with E-state index in [0.717, 1.165) is 21.7 Å². The Bertz CT molecular complexity index is 1050. The van der Waals surface area contributed by atoms with Gasteiger partial charge < -0.3 is 10.2 Å². The molecule has 1 amide bonds. The minimum absolute atomic E-state index is 0.105. The van der Waals surface area contributed by atoms with Crippen molar-refractivity contribution in [3.05, 3.63) is 81.5 Å². The Hall–Kier alpha value is -2.28. The highest BCUT2D eigenvalue weighted by Crippen LogP contribution is 2.41. The average molecular weight is 457 g/mol. The molecule has 0 radical (unpaired) electrons. The smallest absolute Gasteiger partial charge is 0.242 e. The van der Waals surface area contributed by atoms with Gasteiger partial charge in [-0.15, -0.1) is 11.8 Å². The van der Waals surface area contributed by atoms with Crippen molar-refractivity contribution in [2.45, 2.75) is 22.1 Å². The van der Waals surface area contributed by atoms with E-state index < -0.39 is 10.8 Å². The van der Waals surface area contributed by atoms with E-state index in [-0.39, 0.29) is 18.1 Å². The lowest BCUT2D eigenvalue weighted by molar-refractivity contribution is -0.132. The molecule has 2 atom stereocenters. The highest BCUT2D eigenvalue weighted by Gasteiger charge is 2.47. The van der Waals surface area contributed by atoms with Gasteiger partial charge in [0.25, 0.3) is 0 Å². The largest absolute Gasteiger partial charge is 0.378 e.